The SMILES string of the molecule is CC(C)CC(=O)N1CCN(C(=O)CC(C)C)c2ccccc21. The second-order valence-electron chi connectivity index (χ2n) is 6.78. The van der Waals surface area contributed by atoms with E-state index in [1.807, 2.05) is 61.8 Å². The average molecular weight is 302 g/mol. The van der Waals surface area contributed by atoms with E-state index in [2.05, 4.69) is 0 Å². The summed E-state index contributed by atoms with van der Waals surface area (Å²) < 4.78 is 0. The Labute approximate surface area is 133 Å². The van der Waals surface area contributed by atoms with Crippen molar-refractivity contribution in [2.24, 2.45) is 11.8 Å². The first kappa shape index (κ1) is 16.5. The fourth-order valence-electron chi connectivity index (χ4n) is 2.80. The van der Waals surface area contributed by atoms with Gasteiger partial charge in [-0.15, -0.1) is 0 Å². The fourth-order valence-corrected chi connectivity index (χ4v) is 2.80. The topological polar surface area (TPSA) is 40.6 Å². The van der Waals surface area contributed by atoms with E-state index in [0.29, 0.717) is 37.8 Å². The van der Waals surface area contributed by atoms with Gasteiger partial charge in [-0.25, -0.2) is 0 Å². The molecule has 0 aliphatic carbocycles. The first-order valence-electron chi connectivity index (χ1n) is 8.10. The maximum Gasteiger partial charge on any atom is 0.227 e. The summed E-state index contributed by atoms with van der Waals surface area (Å²) in [7, 11) is 0. The summed E-state index contributed by atoms with van der Waals surface area (Å²) in [6.45, 7) is 9.34. The van der Waals surface area contributed by atoms with Crippen LogP contribution in [0, 0.1) is 11.8 Å². The summed E-state index contributed by atoms with van der Waals surface area (Å²) in [6, 6.07) is 7.71. The third-order valence-corrected chi connectivity index (χ3v) is 3.78. The second-order valence-corrected chi connectivity index (χ2v) is 6.78. The van der Waals surface area contributed by atoms with Gasteiger partial charge in [0.15, 0.2) is 0 Å². The molecule has 0 aromatic heterocycles. The van der Waals surface area contributed by atoms with E-state index in [1.54, 1.807) is 0 Å². The molecule has 2 amide bonds. The van der Waals surface area contributed by atoms with Gasteiger partial charge in [0.2, 0.25) is 11.8 Å². The van der Waals surface area contributed by atoms with Gasteiger partial charge in [0.25, 0.3) is 0 Å². The van der Waals surface area contributed by atoms with E-state index in [1.165, 1.54) is 0 Å². The Balaban J connectivity index is 2.27. The van der Waals surface area contributed by atoms with Crippen molar-refractivity contribution in [1.29, 1.82) is 0 Å². The molecule has 1 aliphatic heterocycles. The number of fused-ring (bicyclic) bond motifs is 1. The van der Waals surface area contributed by atoms with Crippen LogP contribution in [0.3, 0.4) is 0 Å². The van der Waals surface area contributed by atoms with E-state index in [0.717, 1.165) is 11.4 Å². The third kappa shape index (κ3) is 3.67. The highest BCUT2D eigenvalue weighted by atomic mass is 16.2. The molecule has 22 heavy (non-hydrogen) atoms. The number of anilines is 2. The summed E-state index contributed by atoms with van der Waals surface area (Å²) in [4.78, 5) is 28.6. The van der Waals surface area contributed by atoms with Crippen molar-refractivity contribution < 1.29 is 9.59 Å². The molecule has 120 valence electrons. The molecule has 1 aliphatic rings. The molecule has 0 bridgehead atoms. The Bertz CT molecular complexity index is 503. The number of rotatable bonds is 4. The van der Waals surface area contributed by atoms with Crippen LogP contribution in [0.25, 0.3) is 0 Å². The zero-order valence-corrected chi connectivity index (χ0v) is 14.0. The molecule has 1 heterocycles. The lowest BCUT2D eigenvalue weighted by molar-refractivity contribution is -0.121. The van der Waals surface area contributed by atoms with Crippen LogP contribution < -0.4 is 9.80 Å². The molecule has 0 fully saturated rings. The normalized spacial score (nSPS) is 14.5. The van der Waals surface area contributed by atoms with Gasteiger partial charge in [0.05, 0.1) is 11.4 Å². The Morgan fingerprint density at radius 2 is 1.23 bits per heavy atom. The minimum absolute atomic E-state index is 0.137. The molecule has 0 atom stereocenters. The molecule has 0 saturated carbocycles. The van der Waals surface area contributed by atoms with Gasteiger partial charge in [-0.3, -0.25) is 9.59 Å². The van der Waals surface area contributed by atoms with Crippen molar-refractivity contribution in [2.45, 2.75) is 40.5 Å². The maximum absolute atomic E-state index is 12.4. The molecule has 0 saturated heterocycles. The van der Waals surface area contributed by atoms with Crippen molar-refractivity contribution in [2.75, 3.05) is 22.9 Å². The van der Waals surface area contributed by atoms with Crippen molar-refractivity contribution in [3.63, 3.8) is 0 Å². The number of hydrogen-bond acceptors (Lipinski definition) is 2. The highest BCUT2D eigenvalue weighted by Gasteiger charge is 2.29. The summed E-state index contributed by atoms with van der Waals surface area (Å²) in [6.07, 6.45) is 1.07. The van der Waals surface area contributed by atoms with Crippen LogP contribution in [-0.4, -0.2) is 24.9 Å². The minimum atomic E-state index is 0.137. The van der Waals surface area contributed by atoms with Crippen molar-refractivity contribution in [3.8, 4) is 0 Å². The smallest absolute Gasteiger partial charge is 0.227 e. The van der Waals surface area contributed by atoms with Gasteiger partial charge in [0, 0.05) is 25.9 Å². The zero-order chi connectivity index (χ0) is 16.3. The summed E-state index contributed by atoms with van der Waals surface area (Å²) in [5.41, 5.74) is 1.72. The quantitative estimate of drug-likeness (QED) is 0.854. The predicted octanol–water partition coefficient (Wildman–Crippen LogP) is 3.46. The molecular weight excluding hydrogens is 276 g/mol. The third-order valence-electron chi connectivity index (χ3n) is 3.78. The van der Waals surface area contributed by atoms with Gasteiger partial charge in [-0.2, -0.15) is 0 Å². The minimum Gasteiger partial charge on any atom is -0.309 e. The number of para-hydroxylation sites is 2. The number of hydrogen-bond donors (Lipinski definition) is 0. The van der Waals surface area contributed by atoms with Crippen molar-refractivity contribution in [1.82, 2.24) is 0 Å². The Morgan fingerprint density at radius 3 is 1.55 bits per heavy atom. The molecule has 0 spiro atoms. The molecule has 1 aromatic carbocycles. The van der Waals surface area contributed by atoms with Crippen molar-refractivity contribution >= 4 is 23.2 Å². The lowest BCUT2D eigenvalue weighted by atomic mass is 10.1. The molecule has 0 unspecified atom stereocenters. The first-order valence-corrected chi connectivity index (χ1v) is 8.10. The summed E-state index contributed by atoms with van der Waals surface area (Å²) in [5.74, 6) is 0.942. The summed E-state index contributed by atoms with van der Waals surface area (Å²) >= 11 is 0. The van der Waals surface area contributed by atoms with Gasteiger partial charge in [-0.05, 0) is 24.0 Å². The number of nitrogens with zero attached hydrogens (tertiary/aromatic N) is 2. The van der Waals surface area contributed by atoms with Crippen LogP contribution >= 0.6 is 0 Å². The standard InChI is InChI=1S/C18H26N2O2/c1-13(2)11-17(21)19-9-10-20(18(22)12-14(3)4)16-8-6-5-7-15(16)19/h5-8,13-14H,9-12H2,1-4H3. The molecule has 4 nitrogen and oxygen atoms in total. The largest absolute Gasteiger partial charge is 0.309 e. The molecule has 0 N–H and O–H groups in total. The second kappa shape index (κ2) is 6.95. The first-order chi connectivity index (χ1) is 10.4. The van der Waals surface area contributed by atoms with E-state index in [4.69, 9.17) is 0 Å². The van der Waals surface area contributed by atoms with Crippen LogP contribution in [-0.2, 0) is 9.59 Å². The van der Waals surface area contributed by atoms with Gasteiger partial charge in [0.1, 0.15) is 0 Å². The molecule has 0 radical (unpaired) electrons. The lowest BCUT2D eigenvalue weighted by Gasteiger charge is -2.37. The Morgan fingerprint density at radius 1 is 0.864 bits per heavy atom. The monoisotopic (exact) mass is 302 g/mol. The summed E-state index contributed by atoms with van der Waals surface area (Å²) in [5, 5.41) is 0. The highest BCUT2D eigenvalue weighted by molar-refractivity contribution is 6.04. The Hall–Kier alpha value is -1.84. The molecule has 4 heteroatoms. The average Bonchev–Trinajstić information content (AvgIpc) is 2.44. The van der Waals surface area contributed by atoms with Crippen LogP contribution in [0.1, 0.15) is 40.5 Å². The van der Waals surface area contributed by atoms with Gasteiger partial charge >= 0.3 is 0 Å². The van der Waals surface area contributed by atoms with Crippen LogP contribution in [0.5, 0.6) is 0 Å². The fraction of sp³-hybridized carbons (Fsp3) is 0.556. The van der Waals surface area contributed by atoms with Crippen molar-refractivity contribution in [3.05, 3.63) is 24.3 Å². The molecule has 2 rings (SSSR count). The van der Waals surface area contributed by atoms with E-state index in [-0.39, 0.29) is 11.8 Å². The molecular formula is C18H26N2O2. The highest BCUT2D eigenvalue weighted by Crippen LogP contribution is 2.34. The van der Waals surface area contributed by atoms with E-state index in [9.17, 15) is 9.59 Å². The van der Waals surface area contributed by atoms with E-state index >= 15 is 0 Å². The number of benzene rings is 1. The van der Waals surface area contributed by atoms with Crippen LogP contribution in [0.2, 0.25) is 0 Å². The molecule has 1 aromatic rings. The van der Waals surface area contributed by atoms with Gasteiger partial charge < -0.3 is 9.80 Å². The van der Waals surface area contributed by atoms with Crippen LogP contribution in [0.4, 0.5) is 11.4 Å². The Kier molecular flexibility index (Phi) is 5.22. The van der Waals surface area contributed by atoms with Gasteiger partial charge in [-0.1, -0.05) is 39.8 Å². The van der Waals surface area contributed by atoms with Crippen LogP contribution in [0.15, 0.2) is 24.3 Å². The lowest BCUT2D eigenvalue weighted by Crippen LogP contribution is -2.46. The zero-order valence-electron chi connectivity index (χ0n) is 14.0. The number of amides is 2. The van der Waals surface area contributed by atoms with E-state index < -0.39 is 0 Å². The number of carbonyl (C=O) groups excluding carboxylic acids is 2. The maximum atomic E-state index is 12.4. The number of carbonyl (C=O) groups is 2. The predicted molar refractivity (Wildman–Crippen MR) is 90.1 cm³/mol.